The molecule has 6 nitrogen and oxygen atoms in total. The van der Waals surface area contributed by atoms with Crippen molar-refractivity contribution in [2.45, 2.75) is 40.2 Å². The summed E-state index contributed by atoms with van der Waals surface area (Å²) in [6.07, 6.45) is 4.79. The van der Waals surface area contributed by atoms with Gasteiger partial charge < -0.3 is 4.57 Å². The first-order chi connectivity index (χ1) is 16.0. The van der Waals surface area contributed by atoms with Crippen molar-refractivity contribution in [2.24, 2.45) is 5.10 Å². The fourth-order valence-electron chi connectivity index (χ4n) is 4.66. The maximum atomic E-state index is 9.87. The van der Waals surface area contributed by atoms with Crippen molar-refractivity contribution in [3.8, 4) is 6.07 Å². The topological polar surface area (TPSA) is 70.4 Å². The molecule has 0 spiro atoms. The second-order valence-electron chi connectivity index (χ2n) is 8.52. The molecule has 0 aliphatic heterocycles. The van der Waals surface area contributed by atoms with Crippen molar-refractivity contribution >= 4 is 39.6 Å². The molecule has 1 N–H and O–H groups in total. The molecule has 0 fully saturated rings. The van der Waals surface area contributed by atoms with E-state index in [1.165, 1.54) is 10.9 Å². The standard InChI is InChI=1S/C27H26N6/c1-5-20-18(4)22(14-28)26-30-23-11-7-9-13-25(23)33(26)27(20)31-29-15-19-16-32(17(2)3)24-12-8-6-10-21(19)24/h6-13,15-17,31H,5H2,1-4H3/b29-15+. The van der Waals surface area contributed by atoms with E-state index in [0.29, 0.717) is 17.3 Å². The molecule has 0 atom stereocenters. The quantitative estimate of drug-likeness (QED) is 0.264. The van der Waals surface area contributed by atoms with Crippen LogP contribution in [0.4, 0.5) is 5.82 Å². The van der Waals surface area contributed by atoms with Crippen LogP contribution in [0.15, 0.2) is 59.8 Å². The minimum absolute atomic E-state index is 0.356. The van der Waals surface area contributed by atoms with E-state index in [0.717, 1.165) is 40.0 Å². The average Bonchev–Trinajstić information content (AvgIpc) is 3.38. The summed E-state index contributed by atoms with van der Waals surface area (Å²) >= 11 is 0. The Bertz CT molecular complexity index is 1580. The maximum Gasteiger partial charge on any atom is 0.157 e. The van der Waals surface area contributed by atoms with Crippen LogP contribution in [0.5, 0.6) is 0 Å². The number of hydrogen-bond acceptors (Lipinski definition) is 4. The molecule has 3 aromatic heterocycles. The van der Waals surface area contributed by atoms with E-state index in [-0.39, 0.29) is 0 Å². The molecule has 0 aliphatic carbocycles. The molecule has 0 aliphatic rings. The lowest BCUT2D eigenvalue weighted by atomic mass is 10.0. The van der Waals surface area contributed by atoms with Gasteiger partial charge in [-0.1, -0.05) is 37.3 Å². The van der Waals surface area contributed by atoms with Gasteiger partial charge in [-0.25, -0.2) is 4.98 Å². The van der Waals surface area contributed by atoms with Gasteiger partial charge in [0.05, 0.1) is 22.8 Å². The van der Waals surface area contributed by atoms with E-state index < -0.39 is 0 Å². The molecule has 33 heavy (non-hydrogen) atoms. The monoisotopic (exact) mass is 434 g/mol. The van der Waals surface area contributed by atoms with Crippen LogP contribution in [-0.2, 0) is 6.42 Å². The number of fused-ring (bicyclic) bond motifs is 4. The third kappa shape index (κ3) is 3.25. The molecule has 5 aromatic rings. The Labute approximate surface area is 192 Å². The number of anilines is 1. The summed E-state index contributed by atoms with van der Waals surface area (Å²) in [7, 11) is 0. The van der Waals surface area contributed by atoms with Crippen LogP contribution in [-0.4, -0.2) is 20.2 Å². The van der Waals surface area contributed by atoms with Crippen LogP contribution in [0.2, 0.25) is 0 Å². The van der Waals surface area contributed by atoms with Gasteiger partial charge in [-0.05, 0) is 56.5 Å². The number of pyridine rings is 1. The summed E-state index contributed by atoms with van der Waals surface area (Å²) in [6, 6.07) is 19.0. The molecule has 0 amide bonds. The smallest absolute Gasteiger partial charge is 0.157 e. The van der Waals surface area contributed by atoms with Gasteiger partial charge in [-0.15, -0.1) is 0 Å². The predicted octanol–water partition coefficient (Wildman–Crippen LogP) is 6.21. The van der Waals surface area contributed by atoms with Gasteiger partial charge in [0.25, 0.3) is 0 Å². The second-order valence-corrected chi connectivity index (χ2v) is 8.52. The van der Waals surface area contributed by atoms with E-state index in [2.05, 4.69) is 72.4 Å². The van der Waals surface area contributed by atoms with Gasteiger partial charge in [-0.2, -0.15) is 10.4 Å². The highest BCUT2D eigenvalue weighted by molar-refractivity contribution is 5.99. The Balaban J connectivity index is 1.67. The fraction of sp³-hybridized carbons (Fsp3) is 0.222. The zero-order valence-electron chi connectivity index (χ0n) is 19.3. The molecular weight excluding hydrogens is 408 g/mol. The highest BCUT2D eigenvalue weighted by Gasteiger charge is 2.19. The molecule has 3 heterocycles. The van der Waals surface area contributed by atoms with E-state index in [9.17, 15) is 5.26 Å². The summed E-state index contributed by atoms with van der Waals surface area (Å²) in [6.45, 7) is 8.45. The van der Waals surface area contributed by atoms with Crippen molar-refractivity contribution in [2.75, 3.05) is 5.43 Å². The Hall–Kier alpha value is -4.11. The van der Waals surface area contributed by atoms with Gasteiger partial charge in [0, 0.05) is 28.7 Å². The molecular formula is C27H26N6. The molecule has 0 bridgehead atoms. The number of aromatic nitrogens is 3. The van der Waals surface area contributed by atoms with E-state index in [1.807, 2.05) is 41.8 Å². The first-order valence-electron chi connectivity index (χ1n) is 11.3. The number of nitrogens with one attached hydrogen (secondary N) is 1. The fourth-order valence-corrected chi connectivity index (χ4v) is 4.66. The predicted molar refractivity (Wildman–Crippen MR) is 135 cm³/mol. The number of hydrazone groups is 1. The Morgan fingerprint density at radius 3 is 2.58 bits per heavy atom. The summed E-state index contributed by atoms with van der Waals surface area (Å²) in [5, 5.41) is 15.7. The molecule has 0 saturated carbocycles. The summed E-state index contributed by atoms with van der Waals surface area (Å²) in [5.41, 5.74) is 10.6. The van der Waals surface area contributed by atoms with Crippen LogP contribution in [0.3, 0.4) is 0 Å². The Morgan fingerprint density at radius 2 is 1.85 bits per heavy atom. The first-order valence-corrected chi connectivity index (χ1v) is 11.3. The summed E-state index contributed by atoms with van der Waals surface area (Å²) < 4.78 is 4.29. The van der Waals surface area contributed by atoms with Gasteiger partial charge in [0.1, 0.15) is 11.9 Å². The molecule has 5 rings (SSSR count). The number of para-hydroxylation sites is 3. The van der Waals surface area contributed by atoms with Crippen molar-refractivity contribution in [1.29, 1.82) is 5.26 Å². The largest absolute Gasteiger partial charge is 0.344 e. The maximum absolute atomic E-state index is 9.87. The minimum Gasteiger partial charge on any atom is -0.344 e. The zero-order chi connectivity index (χ0) is 23.1. The van der Waals surface area contributed by atoms with E-state index >= 15 is 0 Å². The van der Waals surface area contributed by atoms with Gasteiger partial charge >= 0.3 is 0 Å². The lowest BCUT2D eigenvalue weighted by Gasteiger charge is -2.15. The van der Waals surface area contributed by atoms with Crippen molar-refractivity contribution in [3.05, 3.63) is 77.0 Å². The molecule has 164 valence electrons. The van der Waals surface area contributed by atoms with Crippen LogP contribution in [0, 0.1) is 18.3 Å². The normalized spacial score (nSPS) is 11.9. The lowest BCUT2D eigenvalue weighted by Crippen LogP contribution is -2.07. The van der Waals surface area contributed by atoms with Gasteiger partial charge in [0.2, 0.25) is 0 Å². The second kappa shape index (κ2) is 8.10. The zero-order valence-corrected chi connectivity index (χ0v) is 19.3. The van der Waals surface area contributed by atoms with Crippen LogP contribution < -0.4 is 5.43 Å². The van der Waals surface area contributed by atoms with Crippen molar-refractivity contribution < 1.29 is 0 Å². The lowest BCUT2D eigenvalue weighted by molar-refractivity contribution is 0.623. The average molecular weight is 435 g/mol. The minimum atomic E-state index is 0.356. The summed E-state index contributed by atoms with van der Waals surface area (Å²) in [5.74, 6) is 0.849. The number of nitriles is 1. The first kappa shape index (κ1) is 20.8. The molecule has 2 aromatic carbocycles. The number of nitrogens with zero attached hydrogens (tertiary/aromatic N) is 5. The Kier molecular flexibility index (Phi) is 5.10. The third-order valence-electron chi connectivity index (χ3n) is 6.29. The van der Waals surface area contributed by atoms with E-state index in [1.54, 1.807) is 0 Å². The molecule has 0 unspecified atom stereocenters. The van der Waals surface area contributed by atoms with Crippen molar-refractivity contribution in [1.82, 2.24) is 14.0 Å². The van der Waals surface area contributed by atoms with Gasteiger partial charge in [-0.3, -0.25) is 9.83 Å². The molecule has 6 heteroatoms. The van der Waals surface area contributed by atoms with Crippen LogP contribution in [0.1, 0.15) is 49.1 Å². The number of rotatable bonds is 5. The molecule has 0 radical (unpaired) electrons. The highest BCUT2D eigenvalue weighted by Crippen LogP contribution is 2.31. The number of benzene rings is 2. The molecule has 0 saturated heterocycles. The summed E-state index contributed by atoms with van der Waals surface area (Å²) in [4.78, 5) is 4.76. The van der Waals surface area contributed by atoms with Crippen LogP contribution in [0.25, 0.3) is 27.6 Å². The van der Waals surface area contributed by atoms with Crippen LogP contribution >= 0.6 is 0 Å². The number of imidazole rings is 1. The third-order valence-corrected chi connectivity index (χ3v) is 6.29. The van der Waals surface area contributed by atoms with Crippen molar-refractivity contribution in [3.63, 3.8) is 0 Å². The Morgan fingerprint density at radius 1 is 1.12 bits per heavy atom. The van der Waals surface area contributed by atoms with E-state index in [4.69, 9.17) is 4.98 Å². The number of hydrogen-bond donors (Lipinski definition) is 1. The highest BCUT2D eigenvalue weighted by atomic mass is 15.3. The SMILES string of the molecule is CCc1c(C)c(C#N)c2nc3ccccc3n2c1N/N=C/c1cn(C(C)C)c2ccccc12. The van der Waals surface area contributed by atoms with Gasteiger partial charge in [0.15, 0.2) is 5.65 Å².